The van der Waals surface area contributed by atoms with E-state index >= 15 is 0 Å². The highest BCUT2D eigenvalue weighted by molar-refractivity contribution is 7.98. The molecule has 1 saturated carbocycles. The molecule has 1 aromatic carbocycles. The summed E-state index contributed by atoms with van der Waals surface area (Å²) in [6, 6.07) is 9.28. The lowest BCUT2D eigenvalue weighted by Gasteiger charge is -2.14. The van der Waals surface area contributed by atoms with Gasteiger partial charge < -0.3 is 10.1 Å². The first kappa shape index (κ1) is 17.5. The molecule has 1 fully saturated rings. The van der Waals surface area contributed by atoms with Gasteiger partial charge in [0, 0.05) is 11.0 Å². The van der Waals surface area contributed by atoms with Crippen molar-refractivity contribution in [2.45, 2.75) is 36.6 Å². The molecule has 1 aliphatic carbocycles. The molecule has 0 radical (unpaired) electrons. The molecule has 1 heterocycles. The number of benzene rings is 1. The number of ether oxygens (including phenoxy) is 1. The number of carbonyl (C=O) groups excluding carboxylic acids is 2. The van der Waals surface area contributed by atoms with Crippen LogP contribution in [0.4, 0.5) is 5.82 Å². The van der Waals surface area contributed by atoms with Crippen LogP contribution in [0, 0.1) is 0 Å². The molecule has 1 aliphatic rings. The molecule has 0 spiro atoms. The predicted molar refractivity (Wildman–Crippen MR) is 96.9 cm³/mol. The van der Waals surface area contributed by atoms with Gasteiger partial charge in [0.1, 0.15) is 5.82 Å². The molecule has 0 saturated heterocycles. The second kappa shape index (κ2) is 8.20. The number of amides is 1. The maximum Gasteiger partial charge on any atom is 0.339 e. The van der Waals surface area contributed by atoms with E-state index in [-0.39, 0.29) is 12.5 Å². The van der Waals surface area contributed by atoms with E-state index < -0.39 is 5.97 Å². The molecule has 1 N–H and O–H groups in total. The summed E-state index contributed by atoms with van der Waals surface area (Å²) in [6.07, 6.45) is 8.09. The summed E-state index contributed by atoms with van der Waals surface area (Å²) < 4.78 is 7.01. The number of anilines is 1. The zero-order chi connectivity index (χ0) is 17.6. The Balaban J connectivity index is 1.57. The molecule has 0 bridgehead atoms. The van der Waals surface area contributed by atoms with Gasteiger partial charge in [-0.05, 0) is 31.2 Å². The third-order valence-corrected chi connectivity index (χ3v) is 5.07. The minimum atomic E-state index is -0.496. The van der Waals surface area contributed by atoms with Crippen molar-refractivity contribution < 1.29 is 14.3 Å². The van der Waals surface area contributed by atoms with E-state index in [0.29, 0.717) is 17.4 Å². The Labute approximate surface area is 150 Å². The van der Waals surface area contributed by atoms with Crippen molar-refractivity contribution in [2.24, 2.45) is 0 Å². The molecule has 1 aromatic heterocycles. The smallest absolute Gasteiger partial charge is 0.339 e. The molecule has 0 atom stereocenters. The SMILES string of the molecule is CSc1ccccc1C(=O)OCC(=O)Nc1ccnn1C1CCCC1. The van der Waals surface area contributed by atoms with E-state index in [2.05, 4.69) is 10.4 Å². The topological polar surface area (TPSA) is 73.2 Å². The average molecular weight is 359 g/mol. The Morgan fingerprint density at radius 1 is 1.28 bits per heavy atom. The van der Waals surface area contributed by atoms with E-state index in [4.69, 9.17) is 4.74 Å². The molecular formula is C18H21N3O3S. The van der Waals surface area contributed by atoms with Gasteiger partial charge in [0.25, 0.3) is 5.91 Å². The number of nitrogens with zero attached hydrogens (tertiary/aromatic N) is 2. The average Bonchev–Trinajstić information content (AvgIpc) is 3.31. The summed E-state index contributed by atoms with van der Waals surface area (Å²) >= 11 is 1.46. The Morgan fingerprint density at radius 3 is 2.80 bits per heavy atom. The van der Waals surface area contributed by atoms with Crippen LogP contribution in [0.1, 0.15) is 42.1 Å². The summed E-state index contributed by atoms with van der Waals surface area (Å²) in [5.74, 6) is -0.211. The Kier molecular flexibility index (Phi) is 5.75. The molecule has 1 amide bonds. The van der Waals surface area contributed by atoms with Crippen LogP contribution in [-0.4, -0.2) is 34.5 Å². The van der Waals surface area contributed by atoms with E-state index in [9.17, 15) is 9.59 Å². The highest BCUT2D eigenvalue weighted by atomic mass is 32.2. The van der Waals surface area contributed by atoms with Crippen LogP contribution < -0.4 is 5.32 Å². The van der Waals surface area contributed by atoms with Crippen LogP contribution in [0.3, 0.4) is 0 Å². The van der Waals surface area contributed by atoms with Gasteiger partial charge in [-0.2, -0.15) is 5.10 Å². The zero-order valence-electron chi connectivity index (χ0n) is 14.1. The minimum absolute atomic E-state index is 0.322. The molecule has 132 valence electrons. The van der Waals surface area contributed by atoms with Crippen molar-refractivity contribution in [3.63, 3.8) is 0 Å². The fraction of sp³-hybridized carbons (Fsp3) is 0.389. The molecule has 3 rings (SSSR count). The fourth-order valence-corrected chi connectivity index (χ4v) is 3.64. The second-order valence-electron chi connectivity index (χ2n) is 5.92. The second-order valence-corrected chi connectivity index (χ2v) is 6.77. The number of esters is 1. The number of carbonyl (C=O) groups is 2. The lowest BCUT2D eigenvalue weighted by molar-refractivity contribution is -0.119. The lowest BCUT2D eigenvalue weighted by atomic mass is 10.2. The summed E-state index contributed by atoms with van der Waals surface area (Å²) in [6.45, 7) is -0.322. The van der Waals surface area contributed by atoms with Crippen LogP contribution >= 0.6 is 11.8 Å². The first-order valence-corrected chi connectivity index (χ1v) is 9.55. The third kappa shape index (κ3) is 4.22. The van der Waals surface area contributed by atoms with E-state index in [1.807, 2.05) is 23.1 Å². The molecular weight excluding hydrogens is 338 g/mol. The number of hydrogen-bond donors (Lipinski definition) is 1. The van der Waals surface area contributed by atoms with Crippen LogP contribution in [0.25, 0.3) is 0 Å². The van der Waals surface area contributed by atoms with Crippen molar-refractivity contribution in [1.82, 2.24) is 9.78 Å². The predicted octanol–water partition coefficient (Wildman–Crippen LogP) is 3.52. The van der Waals surface area contributed by atoms with Gasteiger partial charge >= 0.3 is 5.97 Å². The third-order valence-electron chi connectivity index (χ3n) is 4.27. The van der Waals surface area contributed by atoms with Gasteiger partial charge in [-0.3, -0.25) is 4.79 Å². The maximum absolute atomic E-state index is 12.2. The van der Waals surface area contributed by atoms with Crippen LogP contribution in [-0.2, 0) is 9.53 Å². The van der Waals surface area contributed by atoms with Crippen LogP contribution in [0.2, 0.25) is 0 Å². The molecule has 0 unspecified atom stereocenters. The van der Waals surface area contributed by atoms with Crippen LogP contribution in [0.15, 0.2) is 41.4 Å². The van der Waals surface area contributed by atoms with Crippen LogP contribution in [0.5, 0.6) is 0 Å². The summed E-state index contributed by atoms with van der Waals surface area (Å²) in [4.78, 5) is 25.1. The highest BCUT2D eigenvalue weighted by Gasteiger charge is 2.21. The number of thioether (sulfide) groups is 1. The first-order chi connectivity index (χ1) is 12.2. The fourth-order valence-electron chi connectivity index (χ4n) is 3.05. The molecule has 2 aromatic rings. The molecule has 25 heavy (non-hydrogen) atoms. The van der Waals surface area contributed by atoms with Crippen molar-refractivity contribution in [3.8, 4) is 0 Å². The number of aromatic nitrogens is 2. The van der Waals surface area contributed by atoms with Crippen molar-refractivity contribution >= 4 is 29.5 Å². The van der Waals surface area contributed by atoms with E-state index in [0.717, 1.165) is 17.7 Å². The van der Waals surface area contributed by atoms with E-state index in [1.54, 1.807) is 24.4 Å². The zero-order valence-corrected chi connectivity index (χ0v) is 14.9. The molecule has 6 nitrogen and oxygen atoms in total. The van der Waals surface area contributed by atoms with Crippen molar-refractivity contribution in [2.75, 3.05) is 18.2 Å². The first-order valence-electron chi connectivity index (χ1n) is 8.32. The Bertz CT molecular complexity index is 754. The minimum Gasteiger partial charge on any atom is -0.452 e. The monoisotopic (exact) mass is 359 g/mol. The highest BCUT2D eigenvalue weighted by Crippen LogP contribution is 2.31. The summed E-state index contributed by atoms with van der Waals surface area (Å²) in [5.41, 5.74) is 0.471. The number of hydrogen-bond acceptors (Lipinski definition) is 5. The van der Waals surface area contributed by atoms with Gasteiger partial charge in [-0.1, -0.05) is 25.0 Å². The standard InChI is InChI=1S/C18H21N3O3S/c1-25-15-9-5-4-8-14(15)18(23)24-12-17(22)20-16-10-11-19-21(16)13-6-2-3-7-13/h4-5,8-11,13H,2-3,6-7,12H2,1H3,(H,20,22). The Hall–Kier alpha value is -2.28. The largest absolute Gasteiger partial charge is 0.452 e. The normalized spacial score (nSPS) is 14.4. The van der Waals surface area contributed by atoms with Gasteiger partial charge in [0.05, 0.1) is 17.8 Å². The van der Waals surface area contributed by atoms with Crippen molar-refractivity contribution in [1.29, 1.82) is 0 Å². The quantitative estimate of drug-likeness (QED) is 0.631. The Morgan fingerprint density at radius 2 is 2.04 bits per heavy atom. The lowest BCUT2D eigenvalue weighted by Crippen LogP contribution is -2.23. The molecule has 7 heteroatoms. The van der Waals surface area contributed by atoms with Gasteiger partial charge in [-0.25, -0.2) is 9.48 Å². The van der Waals surface area contributed by atoms with Gasteiger partial charge in [0.15, 0.2) is 6.61 Å². The molecule has 0 aliphatic heterocycles. The number of nitrogens with one attached hydrogen (secondary N) is 1. The van der Waals surface area contributed by atoms with E-state index in [1.165, 1.54) is 24.6 Å². The van der Waals surface area contributed by atoms with Crippen molar-refractivity contribution in [3.05, 3.63) is 42.1 Å². The number of rotatable bonds is 6. The van der Waals surface area contributed by atoms with Gasteiger partial charge in [0.2, 0.25) is 0 Å². The van der Waals surface area contributed by atoms with Gasteiger partial charge in [-0.15, -0.1) is 11.8 Å². The summed E-state index contributed by atoms with van der Waals surface area (Å²) in [5, 5.41) is 7.09. The summed E-state index contributed by atoms with van der Waals surface area (Å²) in [7, 11) is 0. The maximum atomic E-state index is 12.2.